The average Bonchev–Trinajstić information content (AvgIpc) is 3.00. The van der Waals surface area contributed by atoms with Gasteiger partial charge in [0.05, 0.1) is 5.02 Å². The van der Waals surface area contributed by atoms with Gasteiger partial charge in [-0.2, -0.15) is 0 Å². The number of anilines is 1. The maximum absolute atomic E-state index is 12.4. The highest BCUT2D eigenvalue weighted by molar-refractivity contribution is 6.36. The first-order valence-electron chi connectivity index (χ1n) is 7.38. The second-order valence-electron chi connectivity index (χ2n) is 5.56. The van der Waals surface area contributed by atoms with E-state index < -0.39 is 0 Å². The molecule has 0 atom stereocenters. The molecule has 0 fully saturated rings. The van der Waals surface area contributed by atoms with Gasteiger partial charge in [0.1, 0.15) is 5.76 Å². The lowest BCUT2D eigenvalue weighted by molar-refractivity contribution is 0.0997. The first-order chi connectivity index (χ1) is 11.4. The van der Waals surface area contributed by atoms with Crippen LogP contribution in [0.15, 0.2) is 52.9 Å². The molecule has 0 spiro atoms. The van der Waals surface area contributed by atoms with Gasteiger partial charge in [-0.3, -0.25) is 4.79 Å². The number of benzene rings is 2. The van der Waals surface area contributed by atoms with Crippen molar-refractivity contribution in [1.29, 1.82) is 0 Å². The van der Waals surface area contributed by atoms with E-state index in [1.165, 1.54) is 0 Å². The lowest BCUT2D eigenvalue weighted by Gasteiger charge is -2.07. The Morgan fingerprint density at radius 1 is 1.00 bits per heavy atom. The molecule has 24 heavy (non-hydrogen) atoms. The van der Waals surface area contributed by atoms with Crippen LogP contribution in [-0.4, -0.2) is 5.91 Å². The summed E-state index contributed by atoms with van der Waals surface area (Å²) in [6, 6.07) is 14.3. The smallest absolute Gasteiger partial charge is 0.291 e. The molecular formula is C19H15Cl2NO2. The van der Waals surface area contributed by atoms with Crippen LogP contribution in [0, 0.1) is 13.8 Å². The molecule has 0 aliphatic carbocycles. The van der Waals surface area contributed by atoms with Crippen molar-refractivity contribution in [3.8, 4) is 11.3 Å². The fraction of sp³-hybridized carbons (Fsp3) is 0.105. The molecule has 3 aromatic rings. The predicted octanol–water partition coefficient (Wildman–Crippen LogP) is 6.12. The quantitative estimate of drug-likeness (QED) is 0.611. The number of halogens is 2. The highest BCUT2D eigenvalue weighted by Crippen LogP contribution is 2.31. The number of aryl methyl sites for hydroxylation is 2. The van der Waals surface area contributed by atoms with E-state index in [0.29, 0.717) is 21.4 Å². The van der Waals surface area contributed by atoms with E-state index in [0.717, 1.165) is 16.8 Å². The summed E-state index contributed by atoms with van der Waals surface area (Å²) in [5.41, 5.74) is 3.58. The summed E-state index contributed by atoms with van der Waals surface area (Å²) in [7, 11) is 0. The standard InChI is InChI=1S/C19H15Cl2NO2/c1-11-3-6-16(12(2)9-11)22-19(23)18-8-7-17(24-18)14-5-4-13(20)10-15(14)21/h3-10H,1-2H3,(H,22,23). The van der Waals surface area contributed by atoms with E-state index in [1.807, 2.05) is 32.0 Å². The van der Waals surface area contributed by atoms with Gasteiger partial charge >= 0.3 is 0 Å². The number of nitrogens with one attached hydrogen (secondary N) is 1. The number of hydrogen-bond donors (Lipinski definition) is 1. The fourth-order valence-corrected chi connectivity index (χ4v) is 2.93. The largest absolute Gasteiger partial charge is 0.451 e. The number of furan rings is 1. The Balaban J connectivity index is 1.83. The molecule has 0 aliphatic heterocycles. The van der Waals surface area contributed by atoms with Gasteiger partial charge in [0, 0.05) is 16.3 Å². The Morgan fingerprint density at radius 3 is 2.50 bits per heavy atom. The maximum atomic E-state index is 12.4. The van der Waals surface area contributed by atoms with E-state index in [1.54, 1.807) is 30.3 Å². The third kappa shape index (κ3) is 3.48. The summed E-state index contributed by atoms with van der Waals surface area (Å²) in [4.78, 5) is 12.4. The summed E-state index contributed by atoms with van der Waals surface area (Å²) < 4.78 is 5.65. The van der Waals surface area contributed by atoms with Crippen LogP contribution >= 0.6 is 23.2 Å². The van der Waals surface area contributed by atoms with E-state index >= 15 is 0 Å². The molecule has 0 bridgehead atoms. The minimum absolute atomic E-state index is 0.219. The molecule has 1 N–H and O–H groups in total. The van der Waals surface area contributed by atoms with E-state index in [9.17, 15) is 4.79 Å². The van der Waals surface area contributed by atoms with Gasteiger partial charge in [-0.05, 0) is 55.8 Å². The van der Waals surface area contributed by atoms with Crippen molar-refractivity contribution in [3.63, 3.8) is 0 Å². The number of hydrogen-bond acceptors (Lipinski definition) is 2. The SMILES string of the molecule is Cc1ccc(NC(=O)c2ccc(-c3ccc(Cl)cc3Cl)o2)c(C)c1. The van der Waals surface area contributed by atoms with Gasteiger partial charge in [0.15, 0.2) is 5.76 Å². The minimum atomic E-state index is -0.307. The van der Waals surface area contributed by atoms with Gasteiger partial charge < -0.3 is 9.73 Å². The second-order valence-corrected chi connectivity index (χ2v) is 6.40. The van der Waals surface area contributed by atoms with Gasteiger partial charge in [0.25, 0.3) is 5.91 Å². The van der Waals surface area contributed by atoms with E-state index in [4.69, 9.17) is 27.6 Å². The zero-order valence-electron chi connectivity index (χ0n) is 13.2. The number of carbonyl (C=O) groups is 1. The molecule has 122 valence electrons. The molecule has 3 rings (SSSR count). The third-order valence-corrected chi connectivity index (χ3v) is 4.20. The average molecular weight is 360 g/mol. The maximum Gasteiger partial charge on any atom is 0.291 e. The molecule has 1 amide bonds. The Kier molecular flexibility index (Phi) is 4.65. The van der Waals surface area contributed by atoms with Crippen LogP contribution in [0.4, 0.5) is 5.69 Å². The van der Waals surface area contributed by atoms with Crippen molar-refractivity contribution < 1.29 is 9.21 Å². The summed E-state index contributed by atoms with van der Waals surface area (Å²) in [6.45, 7) is 3.96. The highest BCUT2D eigenvalue weighted by atomic mass is 35.5. The van der Waals surface area contributed by atoms with Crippen molar-refractivity contribution in [1.82, 2.24) is 0 Å². The summed E-state index contributed by atoms with van der Waals surface area (Å²) in [5, 5.41) is 3.87. The van der Waals surface area contributed by atoms with Crippen LogP contribution in [0.2, 0.25) is 10.0 Å². The zero-order chi connectivity index (χ0) is 17.3. The molecule has 0 saturated heterocycles. The van der Waals surface area contributed by atoms with E-state index in [-0.39, 0.29) is 11.7 Å². The summed E-state index contributed by atoms with van der Waals surface area (Å²) >= 11 is 12.1. The second kappa shape index (κ2) is 6.71. The zero-order valence-corrected chi connectivity index (χ0v) is 14.7. The van der Waals surface area contributed by atoms with Gasteiger partial charge in [0.2, 0.25) is 0 Å². The van der Waals surface area contributed by atoms with Crippen molar-refractivity contribution in [2.75, 3.05) is 5.32 Å². The van der Waals surface area contributed by atoms with Crippen molar-refractivity contribution >= 4 is 34.8 Å². The Bertz CT molecular complexity index is 915. The third-order valence-electron chi connectivity index (χ3n) is 3.66. The van der Waals surface area contributed by atoms with Gasteiger partial charge in [-0.25, -0.2) is 0 Å². The fourth-order valence-electron chi connectivity index (χ4n) is 2.43. The lowest BCUT2D eigenvalue weighted by Crippen LogP contribution is -2.11. The number of amides is 1. The van der Waals surface area contributed by atoms with Crippen LogP contribution in [0.1, 0.15) is 21.7 Å². The van der Waals surface area contributed by atoms with Gasteiger partial charge in [-0.15, -0.1) is 0 Å². The van der Waals surface area contributed by atoms with Crippen molar-refractivity contribution in [2.24, 2.45) is 0 Å². The Hall–Kier alpha value is -2.23. The normalized spacial score (nSPS) is 10.7. The first-order valence-corrected chi connectivity index (χ1v) is 8.13. The van der Waals surface area contributed by atoms with Crippen LogP contribution in [0.3, 0.4) is 0 Å². The molecule has 3 nitrogen and oxygen atoms in total. The lowest BCUT2D eigenvalue weighted by atomic mass is 10.1. The molecule has 0 unspecified atom stereocenters. The summed E-state index contributed by atoms with van der Waals surface area (Å²) in [5.74, 6) is 0.428. The topological polar surface area (TPSA) is 42.2 Å². The first kappa shape index (κ1) is 16.6. The molecule has 2 aromatic carbocycles. The Labute approximate surface area is 150 Å². The minimum Gasteiger partial charge on any atom is -0.451 e. The number of carbonyl (C=O) groups excluding carboxylic acids is 1. The van der Waals surface area contributed by atoms with Crippen LogP contribution in [0.5, 0.6) is 0 Å². The molecular weight excluding hydrogens is 345 g/mol. The molecule has 1 aromatic heterocycles. The van der Waals surface area contributed by atoms with Crippen molar-refractivity contribution in [3.05, 3.63) is 75.5 Å². The highest BCUT2D eigenvalue weighted by Gasteiger charge is 2.15. The van der Waals surface area contributed by atoms with Crippen molar-refractivity contribution in [2.45, 2.75) is 13.8 Å². The van der Waals surface area contributed by atoms with Gasteiger partial charge in [-0.1, -0.05) is 40.9 Å². The molecule has 0 saturated carbocycles. The van der Waals surface area contributed by atoms with E-state index in [2.05, 4.69) is 5.32 Å². The summed E-state index contributed by atoms with van der Waals surface area (Å²) in [6.07, 6.45) is 0. The number of rotatable bonds is 3. The molecule has 0 aliphatic rings. The molecule has 1 heterocycles. The van der Waals surface area contributed by atoms with Crippen LogP contribution in [-0.2, 0) is 0 Å². The molecule has 0 radical (unpaired) electrons. The monoisotopic (exact) mass is 359 g/mol. The van der Waals surface area contributed by atoms with Crippen LogP contribution < -0.4 is 5.32 Å². The van der Waals surface area contributed by atoms with Crippen LogP contribution in [0.25, 0.3) is 11.3 Å². The predicted molar refractivity (Wildman–Crippen MR) is 98.0 cm³/mol. The Morgan fingerprint density at radius 2 is 1.79 bits per heavy atom. The molecule has 5 heteroatoms.